The first-order valence-electron chi connectivity index (χ1n) is 8.13. The molecule has 9 nitrogen and oxygen atoms in total. The minimum atomic E-state index is -0.467. The smallest absolute Gasteiger partial charge is 0.353 e. The van der Waals surface area contributed by atoms with E-state index < -0.39 is 4.92 Å². The van der Waals surface area contributed by atoms with Crippen molar-refractivity contribution < 1.29 is 9.45 Å². The summed E-state index contributed by atoms with van der Waals surface area (Å²) in [6, 6.07) is 9.73. The lowest BCUT2D eigenvalue weighted by atomic mass is 10.00. The average Bonchev–Trinajstić information content (AvgIpc) is 3.05. The van der Waals surface area contributed by atoms with Gasteiger partial charge in [0.1, 0.15) is 12.1 Å². The third-order valence-electron chi connectivity index (χ3n) is 4.29. The first kappa shape index (κ1) is 16.0. The van der Waals surface area contributed by atoms with Crippen molar-refractivity contribution in [1.29, 1.82) is 0 Å². The highest BCUT2D eigenvalue weighted by atomic mass is 16.6. The molecule has 1 aromatic carbocycles. The van der Waals surface area contributed by atoms with E-state index in [-0.39, 0.29) is 11.5 Å². The van der Waals surface area contributed by atoms with Crippen molar-refractivity contribution in [3.8, 4) is 0 Å². The molecule has 0 spiro atoms. The molecule has 132 valence electrons. The minimum Gasteiger partial charge on any atom is -0.360 e. The van der Waals surface area contributed by atoms with Gasteiger partial charge < -0.3 is 14.7 Å². The highest BCUT2D eigenvalue weighted by molar-refractivity contribution is 5.73. The number of nitro groups is 1. The van der Waals surface area contributed by atoms with E-state index in [1.54, 1.807) is 13.0 Å². The molecule has 26 heavy (non-hydrogen) atoms. The molecule has 4 rings (SSSR count). The predicted octanol–water partition coefficient (Wildman–Crippen LogP) is 2.99. The van der Waals surface area contributed by atoms with Crippen LogP contribution in [0.25, 0.3) is 0 Å². The Labute approximate surface area is 148 Å². The number of aromatic nitrogens is 3. The number of nitrogens with zero attached hydrogens (tertiary/aromatic N) is 5. The Balaban J connectivity index is 1.70. The third-order valence-corrected chi connectivity index (χ3v) is 4.29. The van der Waals surface area contributed by atoms with Crippen molar-refractivity contribution in [3.05, 3.63) is 63.7 Å². The molecule has 9 heteroatoms. The lowest BCUT2D eigenvalue weighted by molar-refractivity contribution is -0.383. The molecule has 0 bridgehead atoms. The monoisotopic (exact) mass is 352 g/mol. The largest absolute Gasteiger partial charge is 0.360 e. The normalized spacial score (nSPS) is 13.3. The molecule has 0 aliphatic carbocycles. The van der Waals surface area contributed by atoms with E-state index in [1.165, 1.54) is 11.9 Å². The van der Waals surface area contributed by atoms with Crippen LogP contribution in [0.4, 0.5) is 23.1 Å². The van der Waals surface area contributed by atoms with E-state index in [4.69, 9.17) is 4.52 Å². The summed E-state index contributed by atoms with van der Waals surface area (Å²) in [5.74, 6) is 1.34. The molecule has 1 aliphatic heterocycles. The molecule has 3 heterocycles. The Morgan fingerprint density at radius 1 is 1.27 bits per heavy atom. The zero-order valence-electron chi connectivity index (χ0n) is 14.0. The number of fused-ring (bicyclic) bond motifs is 1. The van der Waals surface area contributed by atoms with E-state index in [0.717, 1.165) is 12.0 Å². The summed E-state index contributed by atoms with van der Waals surface area (Å²) in [4.78, 5) is 21.4. The van der Waals surface area contributed by atoms with Crippen molar-refractivity contribution in [1.82, 2.24) is 15.1 Å². The Morgan fingerprint density at radius 2 is 2.08 bits per heavy atom. The average molecular weight is 352 g/mol. The lowest BCUT2D eigenvalue weighted by Gasteiger charge is -2.29. The molecule has 3 aromatic rings. The van der Waals surface area contributed by atoms with Gasteiger partial charge in [-0.2, -0.15) is 0 Å². The second-order valence-corrected chi connectivity index (χ2v) is 6.04. The highest BCUT2D eigenvalue weighted by Crippen LogP contribution is 2.35. The van der Waals surface area contributed by atoms with Gasteiger partial charge in [-0.25, -0.2) is 9.97 Å². The SMILES string of the molecule is Cc1cc(Nc2ncnc(N3CCc4ccccc4C3)c2[N+](=O)[O-])no1. The zero-order chi connectivity index (χ0) is 18.1. The van der Waals surface area contributed by atoms with Crippen molar-refractivity contribution >= 4 is 23.1 Å². The molecule has 1 aliphatic rings. The minimum absolute atomic E-state index is 0.0900. The van der Waals surface area contributed by atoms with Crippen molar-refractivity contribution in [3.63, 3.8) is 0 Å². The van der Waals surface area contributed by atoms with E-state index in [1.807, 2.05) is 23.1 Å². The van der Waals surface area contributed by atoms with Crippen molar-refractivity contribution in [2.24, 2.45) is 0 Å². The number of rotatable bonds is 4. The number of hydrogen-bond acceptors (Lipinski definition) is 8. The molecule has 2 aromatic heterocycles. The van der Waals surface area contributed by atoms with Crippen LogP contribution in [0, 0.1) is 17.0 Å². The van der Waals surface area contributed by atoms with Crippen LogP contribution >= 0.6 is 0 Å². The van der Waals surface area contributed by atoms with Gasteiger partial charge in [0.15, 0.2) is 5.82 Å². The summed E-state index contributed by atoms with van der Waals surface area (Å²) in [6.07, 6.45) is 2.13. The second kappa shape index (κ2) is 6.43. The van der Waals surface area contributed by atoms with Gasteiger partial charge in [-0.3, -0.25) is 10.1 Å². The Bertz CT molecular complexity index is 971. The van der Waals surface area contributed by atoms with Crippen LogP contribution in [0.15, 0.2) is 41.2 Å². The van der Waals surface area contributed by atoms with Gasteiger partial charge in [0.2, 0.25) is 11.6 Å². The topological polar surface area (TPSA) is 110 Å². The molecule has 0 radical (unpaired) electrons. The molecule has 1 N–H and O–H groups in total. The number of anilines is 3. The number of aryl methyl sites for hydroxylation is 1. The fourth-order valence-electron chi connectivity index (χ4n) is 3.08. The maximum atomic E-state index is 11.7. The lowest BCUT2D eigenvalue weighted by Crippen LogP contribution is -2.31. The van der Waals surface area contributed by atoms with Crippen molar-refractivity contribution in [2.75, 3.05) is 16.8 Å². The first-order chi connectivity index (χ1) is 12.6. The fourth-order valence-corrected chi connectivity index (χ4v) is 3.08. The van der Waals surface area contributed by atoms with Crippen LogP contribution in [0.3, 0.4) is 0 Å². The van der Waals surface area contributed by atoms with Crippen LogP contribution in [0.2, 0.25) is 0 Å². The Morgan fingerprint density at radius 3 is 2.81 bits per heavy atom. The molecule has 0 atom stereocenters. The van der Waals surface area contributed by atoms with Crippen LogP contribution in [0.1, 0.15) is 16.9 Å². The summed E-state index contributed by atoms with van der Waals surface area (Å²) in [7, 11) is 0. The molecule has 0 saturated carbocycles. The fraction of sp³-hybridized carbons (Fsp3) is 0.235. The molecule has 0 amide bonds. The second-order valence-electron chi connectivity index (χ2n) is 6.04. The van der Waals surface area contributed by atoms with Crippen LogP contribution in [-0.2, 0) is 13.0 Å². The number of nitrogens with one attached hydrogen (secondary N) is 1. The Kier molecular flexibility index (Phi) is 3.96. The summed E-state index contributed by atoms with van der Waals surface area (Å²) in [6.45, 7) is 2.96. The zero-order valence-corrected chi connectivity index (χ0v) is 14.0. The third kappa shape index (κ3) is 2.94. The quantitative estimate of drug-likeness (QED) is 0.563. The standard InChI is InChI=1S/C17H16N6O3/c1-11-8-14(21-26-11)20-16-15(23(24)25)17(19-10-18-16)22-7-6-12-4-2-3-5-13(12)9-22/h2-5,8,10H,6-7,9H2,1H3,(H,18,19,20,21). The van der Waals surface area contributed by atoms with E-state index in [2.05, 4.69) is 26.5 Å². The van der Waals surface area contributed by atoms with Gasteiger partial charge in [-0.15, -0.1) is 0 Å². The summed E-state index contributed by atoms with van der Waals surface area (Å²) in [5, 5.41) is 18.4. The van der Waals surface area contributed by atoms with E-state index in [9.17, 15) is 10.1 Å². The number of benzene rings is 1. The molecular formula is C17H16N6O3. The maximum absolute atomic E-state index is 11.7. The van der Waals surface area contributed by atoms with Gasteiger partial charge in [0.05, 0.1) is 4.92 Å². The van der Waals surface area contributed by atoms with E-state index in [0.29, 0.717) is 30.5 Å². The summed E-state index contributed by atoms with van der Waals surface area (Å²) in [5.41, 5.74) is 2.23. The molecule has 0 unspecified atom stereocenters. The molecular weight excluding hydrogens is 336 g/mol. The molecule has 0 fully saturated rings. The Hall–Kier alpha value is -3.49. The van der Waals surface area contributed by atoms with Gasteiger partial charge >= 0.3 is 5.69 Å². The maximum Gasteiger partial charge on any atom is 0.353 e. The first-order valence-corrected chi connectivity index (χ1v) is 8.13. The number of hydrogen-bond donors (Lipinski definition) is 1. The highest BCUT2D eigenvalue weighted by Gasteiger charge is 2.29. The van der Waals surface area contributed by atoms with Crippen molar-refractivity contribution in [2.45, 2.75) is 19.9 Å². The van der Waals surface area contributed by atoms with Crippen LogP contribution < -0.4 is 10.2 Å². The van der Waals surface area contributed by atoms with Gasteiger partial charge in [0, 0.05) is 19.2 Å². The van der Waals surface area contributed by atoms with E-state index >= 15 is 0 Å². The van der Waals surface area contributed by atoms with Gasteiger partial charge in [0.25, 0.3) is 0 Å². The van der Waals surface area contributed by atoms with Gasteiger partial charge in [-0.1, -0.05) is 29.4 Å². The predicted molar refractivity (Wildman–Crippen MR) is 94.4 cm³/mol. The summed E-state index contributed by atoms with van der Waals surface area (Å²) < 4.78 is 4.99. The summed E-state index contributed by atoms with van der Waals surface area (Å²) >= 11 is 0. The van der Waals surface area contributed by atoms with Crippen LogP contribution in [-0.4, -0.2) is 26.6 Å². The van der Waals surface area contributed by atoms with Gasteiger partial charge in [-0.05, 0) is 24.5 Å². The van der Waals surface area contributed by atoms with Crippen LogP contribution in [0.5, 0.6) is 0 Å². The molecule has 0 saturated heterocycles.